The lowest BCUT2D eigenvalue weighted by Gasteiger charge is -2.55. The number of phenolic OH excluding ortho intramolecular Hbond substituents is 1. The van der Waals surface area contributed by atoms with Crippen LogP contribution < -0.4 is 5.32 Å². The molecule has 1 saturated heterocycles. The predicted molar refractivity (Wildman–Crippen MR) is 125 cm³/mol. The maximum atomic E-state index is 15.8. The number of carbonyl (C=O) groups is 2. The number of phenols is 1. The number of hydrogen-bond donors (Lipinski definition) is 5. The quantitative estimate of drug-likeness (QED) is 0.441. The summed E-state index contributed by atoms with van der Waals surface area (Å²) in [5.41, 5.74) is -3.73. The molecule has 2 fully saturated rings. The van der Waals surface area contributed by atoms with Crippen molar-refractivity contribution in [2.75, 3.05) is 27.2 Å². The number of nitrogens with one attached hydrogen (secondary N) is 1. The molecule has 188 valence electrons. The Kier molecular flexibility index (Phi) is 5.39. The number of benzene rings is 1. The van der Waals surface area contributed by atoms with Crippen LogP contribution in [0.25, 0.3) is 5.76 Å². The average molecular weight is 487 g/mol. The van der Waals surface area contributed by atoms with E-state index < -0.39 is 40.1 Å². The van der Waals surface area contributed by atoms with E-state index in [1.54, 1.807) is 19.0 Å². The summed E-state index contributed by atoms with van der Waals surface area (Å²) >= 11 is 0. The van der Waals surface area contributed by atoms with Gasteiger partial charge >= 0.3 is 0 Å². The number of halogens is 1. The van der Waals surface area contributed by atoms with Gasteiger partial charge in [0.25, 0.3) is 0 Å². The molecule has 2 unspecified atom stereocenters. The zero-order valence-electron chi connectivity index (χ0n) is 20.1. The van der Waals surface area contributed by atoms with E-state index in [2.05, 4.69) is 5.32 Å². The van der Waals surface area contributed by atoms with Crippen molar-refractivity contribution in [3.8, 4) is 5.75 Å². The SMILES string of the molecule is CC1=C(O)[C@@]2(O)C(=O)C3=C(O)c4c(O)cc(C5CCCN5)c(F)c4CC3C[C@@]2(CN(C)C)CC1=O. The van der Waals surface area contributed by atoms with E-state index in [1.807, 2.05) is 0 Å². The van der Waals surface area contributed by atoms with Gasteiger partial charge in [-0.15, -0.1) is 0 Å². The fraction of sp³-hybridized carbons (Fsp3) is 0.538. The number of allylic oxidation sites excluding steroid dienone is 1. The van der Waals surface area contributed by atoms with Gasteiger partial charge in [0.1, 0.15) is 23.1 Å². The number of Topliss-reactive ketones (excluding diaryl/α,β-unsaturated/α-hetero) is 2. The molecular weight excluding hydrogens is 455 g/mol. The first-order valence-corrected chi connectivity index (χ1v) is 12.0. The van der Waals surface area contributed by atoms with Gasteiger partial charge in [-0.2, -0.15) is 0 Å². The Balaban J connectivity index is 1.71. The van der Waals surface area contributed by atoms with Crippen LogP contribution in [-0.2, 0) is 16.0 Å². The summed E-state index contributed by atoms with van der Waals surface area (Å²) in [7, 11) is 3.48. The minimum Gasteiger partial charge on any atom is -0.508 e. The zero-order chi connectivity index (χ0) is 25.4. The van der Waals surface area contributed by atoms with Gasteiger partial charge in [0.15, 0.2) is 11.4 Å². The maximum Gasteiger partial charge on any atom is 0.202 e. The highest BCUT2D eigenvalue weighted by Gasteiger charge is 2.67. The Hall–Kier alpha value is -2.75. The molecule has 8 nitrogen and oxygen atoms in total. The first-order chi connectivity index (χ1) is 16.4. The van der Waals surface area contributed by atoms with E-state index in [0.29, 0.717) is 5.56 Å². The highest BCUT2D eigenvalue weighted by atomic mass is 19.1. The molecule has 5 rings (SSSR count). The van der Waals surface area contributed by atoms with Crippen LogP contribution in [0.5, 0.6) is 5.75 Å². The Labute approximate surface area is 202 Å². The van der Waals surface area contributed by atoms with Crippen LogP contribution in [0.3, 0.4) is 0 Å². The predicted octanol–water partition coefficient (Wildman–Crippen LogP) is 2.45. The number of nitrogens with zero attached hydrogens (tertiary/aromatic N) is 1. The molecule has 1 aromatic carbocycles. The van der Waals surface area contributed by atoms with E-state index in [0.717, 1.165) is 19.4 Å². The van der Waals surface area contributed by atoms with Crippen LogP contribution in [0.4, 0.5) is 4.39 Å². The maximum absolute atomic E-state index is 15.8. The van der Waals surface area contributed by atoms with Gasteiger partial charge in [0.05, 0.1) is 5.56 Å². The van der Waals surface area contributed by atoms with Crippen LogP contribution in [0.2, 0.25) is 0 Å². The largest absolute Gasteiger partial charge is 0.508 e. The third kappa shape index (κ3) is 3.14. The molecule has 9 heteroatoms. The van der Waals surface area contributed by atoms with Gasteiger partial charge in [-0.1, -0.05) is 0 Å². The molecule has 0 spiro atoms. The summed E-state index contributed by atoms with van der Waals surface area (Å²) in [5, 5.41) is 47.9. The number of carbonyl (C=O) groups excluding carboxylic acids is 2. The van der Waals surface area contributed by atoms with E-state index >= 15 is 4.39 Å². The second kappa shape index (κ2) is 7.88. The molecule has 1 aromatic rings. The summed E-state index contributed by atoms with van der Waals surface area (Å²) in [4.78, 5) is 28.4. The molecule has 0 aromatic heterocycles. The Morgan fingerprint density at radius 1 is 1.23 bits per heavy atom. The van der Waals surface area contributed by atoms with Gasteiger partial charge in [0.2, 0.25) is 5.78 Å². The summed E-state index contributed by atoms with van der Waals surface area (Å²) in [6.45, 7) is 2.22. The van der Waals surface area contributed by atoms with Gasteiger partial charge in [-0.05, 0) is 65.2 Å². The standard InChI is InChI=1S/C26H31FN2O6/c1-12-18(31)10-25(11-29(2)3)9-13-7-15-20(22(32)19(13)24(34)26(25,35)23(12)33)17(30)8-14(21(15)27)16-5-4-6-28-16/h8,13,16,28,30,32-33,35H,4-7,9-11H2,1-3H3/t13?,16?,25-,26+/m0/s1. The van der Waals surface area contributed by atoms with E-state index in [4.69, 9.17) is 0 Å². The summed E-state index contributed by atoms with van der Waals surface area (Å²) in [6.07, 6.45) is 1.52. The van der Waals surface area contributed by atoms with Crippen molar-refractivity contribution in [2.45, 2.75) is 50.7 Å². The smallest absolute Gasteiger partial charge is 0.202 e. The number of aliphatic hydroxyl groups is 3. The van der Waals surface area contributed by atoms with Crippen molar-refractivity contribution in [2.24, 2.45) is 11.3 Å². The van der Waals surface area contributed by atoms with Gasteiger partial charge in [0, 0.05) is 46.7 Å². The molecular formula is C26H31FN2O6. The lowest BCUT2D eigenvalue weighted by atomic mass is 9.51. The summed E-state index contributed by atoms with van der Waals surface area (Å²) in [5.74, 6) is -4.14. The van der Waals surface area contributed by atoms with Crippen molar-refractivity contribution in [1.29, 1.82) is 0 Å². The minimum atomic E-state index is -2.42. The van der Waals surface area contributed by atoms with Crippen LogP contribution in [-0.4, -0.2) is 69.7 Å². The lowest BCUT2D eigenvalue weighted by Crippen LogP contribution is -2.66. The topological polar surface area (TPSA) is 130 Å². The van der Waals surface area contributed by atoms with Crippen molar-refractivity contribution in [3.63, 3.8) is 0 Å². The second-order valence-corrected chi connectivity index (χ2v) is 10.8. The van der Waals surface area contributed by atoms with E-state index in [1.165, 1.54) is 13.0 Å². The summed E-state index contributed by atoms with van der Waals surface area (Å²) in [6, 6.07) is 1.03. The molecule has 4 aliphatic rings. The van der Waals surface area contributed by atoms with Gasteiger partial charge < -0.3 is 30.6 Å². The highest BCUT2D eigenvalue weighted by molar-refractivity contribution is 6.13. The molecule has 1 aliphatic heterocycles. The van der Waals surface area contributed by atoms with E-state index in [9.17, 15) is 30.0 Å². The number of aliphatic hydroxyl groups excluding tert-OH is 2. The molecule has 0 bridgehead atoms. The Morgan fingerprint density at radius 2 is 1.94 bits per heavy atom. The van der Waals surface area contributed by atoms with Crippen molar-refractivity contribution < 1.29 is 34.4 Å². The first kappa shape index (κ1) is 24.0. The van der Waals surface area contributed by atoms with Crippen LogP contribution in [0.1, 0.15) is 55.3 Å². The molecule has 0 amide bonds. The summed E-state index contributed by atoms with van der Waals surface area (Å²) < 4.78 is 15.8. The Morgan fingerprint density at radius 3 is 2.57 bits per heavy atom. The first-order valence-electron chi connectivity index (χ1n) is 12.0. The van der Waals surface area contributed by atoms with E-state index in [-0.39, 0.29) is 65.7 Å². The van der Waals surface area contributed by atoms with Crippen LogP contribution >= 0.6 is 0 Å². The molecule has 1 heterocycles. The number of rotatable bonds is 3. The number of fused-ring (bicyclic) bond motifs is 3. The monoisotopic (exact) mass is 486 g/mol. The fourth-order valence-electron chi connectivity index (χ4n) is 6.82. The third-order valence-corrected chi connectivity index (χ3v) is 8.37. The average Bonchev–Trinajstić information content (AvgIpc) is 3.31. The van der Waals surface area contributed by atoms with Crippen molar-refractivity contribution in [1.82, 2.24) is 10.2 Å². The Bertz CT molecular complexity index is 1210. The molecule has 4 atom stereocenters. The number of aromatic hydroxyl groups is 1. The van der Waals surface area contributed by atoms with Crippen molar-refractivity contribution in [3.05, 3.63) is 45.5 Å². The van der Waals surface area contributed by atoms with Gasteiger partial charge in [-0.25, -0.2) is 4.39 Å². The van der Waals surface area contributed by atoms with Crippen molar-refractivity contribution >= 4 is 17.3 Å². The molecule has 0 radical (unpaired) electrons. The molecule has 5 N–H and O–H groups in total. The second-order valence-electron chi connectivity index (χ2n) is 10.8. The van der Waals surface area contributed by atoms with Gasteiger partial charge in [-0.3, -0.25) is 9.59 Å². The minimum absolute atomic E-state index is 0.0172. The fourth-order valence-corrected chi connectivity index (χ4v) is 6.82. The third-order valence-electron chi connectivity index (χ3n) is 8.37. The normalized spacial score (nSPS) is 32.7. The highest BCUT2D eigenvalue weighted by Crippen LogP contribution is 2.58. The number of hydrogen-bond acceptors (Lipinski definition) is 8. The zero-order valence-corrected chi connectivity index (χ0v) is 20.1. The molecule has 1 saturated carbocycles. The van der Waals surface area contributed by atoms with Crippen LogP contribution in [0, 0.1) is 17.2 Å². The lowest BCUT2D eigenvalue weighted by molar-refractivity contribution is -0.165. The molecule has 3 aliphatic carbocycles. The van der Waals surface area contributed by atoms with Crippen LogP contribution in [0.15, 0.2) is 23.0 Å². The molecule has 35 heavy (non-hydrogen) atoms. The number of ketones is 2.